The molecule has 1 N–H and O–H groups in total. The Morgan fingerprint density at radius 2 is 2.38 bits per heavy atom. The van der Waals surface area contributed by atoms with Crippen LogP contribution in [0.15, 0.2) is 18.2 Å². The lowest BCUT2D eigenvalue weighted by Crippen LogP contribution is -2.41. The molecule has 86 valence electrons. The predicted octanol–water partition coefficient (Wildman–Crippen LogP) is 2.74. The van der Waals surface area contributed by atoms with Gasteiger partial charge in [0.2, 0.25) is 0 Å². The normalized spacial score (nSPS) is 22.1. The molecule has 0 saturated carbocycles. The Bertz CT molecular complexity index is 432. The third-order valence-corrected chi connectivity index (χ3v) is 3.08. The summed E-state index contributed by atoms with van der Waals surface area (Å²) in [4.78, 5) is 10.4. The van der Waals surface area contributed by atoms with Crippen molar-refractivity contribution < 1.29 is 9.66 Å². The van der Waals surface area contributed by atoms with Crippen LogP contribution in [-0.4, -0.2) is 16.5 Å². The summed E-state index contributed by atoms with van der Waals surface area (Å²) >= 11 is 5.83. The van der Waals surface area contributed by atoms with Crippen molar-refractivity contribution >= 4 is 23.0 Å². The molecule has 0 spiro atoms. The maximum absolute atomic E-state index is 10.8. The lowest BCUT2D eigenvalue weighted by molar-refractivity contribution is -0.383. The first-order valence-electron chi connectivity index (χ1n) is 4.92. The van der Waals surface area contributed by atoms with Gasteiger partial charge in [-0.15, -0.1) is 11.6 Å². The standard InChI is InChI=1S/C10H11ClN2O3/c1-2-10(6-11)12-9-7(13(14)15)4-3-5-8(9)16-10/h3-5,12H,2,6H2,1H3. The van der Waals surface area contributed by atoms with Gasteiger partial charge in [0.05, 0.1) is 10.8 Å². The van der Waals surface area contributed by atoms with Gasteiger partial charge in [-0.2, -0.15) is 0 Å². The van der Waals surface area contributed by atoms with E-state index in [0.717, 1.165) is 0 Å². The molecule has 6 heteroatoms. The molecule has 0 radical (unpaired) electrons. The SMILES string of the molecule is CCC1(CCl)Nc2c(cccc2[N+](=O)[O-])O1. The van der Waals surface area contributed by atoms with Crippen LogP contribution in [-0.2, 0) is 0 Å². The van der Waals surface area contributed by atoms with E-state index in [-0.39, 0.29) is 11.6 Å². The zero-order chi connectivity index (χ0) is 11.8. The van der Waals surface area contributed by atoms with Gasteiger partial charge >= 0.3 is 0 Å². The van der Waals surface area contributed by atoms with Crippen molar-refractivity contribution in [3.8, 4) is 5.75 Å². The molecule has 0 aliphatic carbocycles. The molecule has 1 aromatic rings. The van der Waals surface area contributed by atoms with Gasteiger partial charge in [-0.3, -0.25) is 10.1 Å². The predicted molar refractivity (Wildman–Crippen MR) is 61.1 cm³/mol. The Morgan fingerprint density at radius 3 is 2.94 bits per heavy atom. The van der Waals surface area contributed by atoms with Crippen molar-refractivity contribution in [2.45, 2.75) is 19.1 Å². The summed E-state index contributed by atoms with van der Waals surface area (Å²) in [6, 6.07) is 4.73. The number of halogens is 1. The number of anilines is 1. The van der Waals surface area contributed by atoms with Crippen molar-refractivity contribution in [1.82, 2.24) is 0 Å². The number of benzene rings is 1. The number of nitrogens with one attached hydrogen (secondary N) is 1. The third-order valence-electron chi connectivity index (χ3n) is 2.65. The van der Waals surface area contributed by atoms with Crippen LogP contribution in [0.2, 0.25) is 0 Å². The highest BCUT2D eigenvalue weighted by Gasteiger charge is 2.39. The minimum absolute atomic E-state index is 0.0120. The Labute approximate surface area is 97.5 Å². The summed E-state index contributed by atoms with van der Waals surface area (Å²) in [5.41, 5.74) is -0.302. The third kappa shape index (κ3) is 1.57. The van der Waals surface area contributed by atoms with Gasteiger partial charge in [0.1, 0.15) is 0 Å². The first kappa shape index (κ1) is 11.0. The monoisotopic (exact) mass is 242 g/mol. The van der Waals surface area contributed by atoms with E-state index >= 15 is 0 Å². The second-order valence-electron chi connectivity index (χ2n) is 3.62. The molecule has 1 aromatic carbocycles. The van der Waals surface area contributed by atoms with Gasteiger partial charge in [-0.1, -0.05) is 13.0 Å². The number of nitro groups is 1. The van der Waals surface area contributed by atoms with E-state index in [2.05, 4.69) is 5.32 Å². The number of nitro benzene ring substituents is 1. The van der Waals surface area contributed by atoms with E-state index in [1.807, 2.05) is 6.92 Å². The summed E-state index contributed by atoms with van der Waals surface area (Å²) in [5.74, 6) is 0.715. The number of ether oxygens (including phenoxy) is 1. The summed E-state index contributed by atoms with van der Waals surface area (Å²) in [7, 11) is 0. The highest BCUT2D eigenvalue weighted by molar-refractivity contribution is 6.18. The molecule has 0 amide bonds. The van der Waals surface area contributed by atoms with Gasteiger partial charge in [-0.05, 0) is 6.07 Å². The first-order chi connectivity index (χ1) is 7.62. The number of alkyl halides is 1. The Kier molecular flexibility index (Phi) is 2.63. The van der Waals surface area contributed by atoms with Gasteiger partial charge in [0.25, 0.3) is 5.69 Å². The number of para-hydroxylation sites is 1. The molecule has 2 rings (SSSR count). The molecule has 16 heavy (non-hydrogen) atoms. The zero-order valence-corrected chi connectivity index (χ0v) is 9.45. The number of nitrogens with zero attached hydrogens (tertiary/aromatic N) is 1. The van der Waals surface area contributed by atoms with E-state index in [1.54, 1.807) is 12.1 Å². The van der Waals surface area contributed by atoms with Crippen molar-refractivity contribution in [1.29, 1.82) is 0 Å². The summed E-state index contributed by atoms with van der Waals surface area (Å²) in [5, 5.41) is 13.8. The largest absolute Gasteiger partial charge is 0.464 e. The van der Waals surface area contributed by atoms with Crippen molar-refractivity contribution in [2.24, 2.45) is 0 Å². The Hall–Kier alpha value is -1.49. The molecule has 1 atom stereocenters. The van der Waals surface area contributed by atoms with Crippen LogP contribution in [0.5, 0.6) is 5.75 Å². The highest BCUT2D eigenvalue weighted by Crippen LogP contribution is 2.44. The summed E-state index contributed by atoms with van der Waals surface area (Å²) < 4.78 is 5.64. The van der Waals surface area contributed by atoms with E-state index in [0.29, 0.717) is 17.9 Å². The number of hydrogen-bond donors (Lipinski definition) is 1. The van der Waals surface area contributed by atoms with Gasteiger partial charge in [0, 0.05) is 12.5 Å². The Morgan fingerprint density at radius 1 is 1.62 bits per heavy atom. The lowest BCUT2D eigenvalue weighted by Gasteiger charge is -2.24. The van der Waals surface area contributed by atoms with Crippen LogP contribution in [0.4, 0.5) is 11.4 Å². The minimum Gasteiger partial charge on any atom is -0.464 e. The van der Waals surface area contributed by atoms with E-state index in [1.165, 1.54) is 6.07 Å². The van der Waals surface area contributed by atoms with Crippen LogP contribution in [0, 0.1) is 10.1 Å². The second-order valence-corrected chi connectivity index (χ2v) is 3.88. The molecule has 1 aliphatic heterocycles. The van der Waals surface area contributed by atoms with Gasteiger partial charge in [-0.25, -0.2) is 0 Å². The minimum atomic E-state index is -0.726. The van der Waals surface area contributed by atoms with Gasteiger partial charge < -0.3 is 10.1 Å². The number of fused-ring (bicyclic) bond motifs is 1. The topological polar surface area (TPSA) is 64.4 Å². The number of rotatable bonds is 3. The maximum Gasteiger partial charge on any atom is 0.296 e. The maximum atomic E-state index is 10.8. The summed E-state index contributed by atoms with van der Waals surface area (Å²) in [6.45, 7) is 1.91. The lowest BCUT2D eigenvalue weighted by atomic mass is 10.2. The highest BCUT2D eigenvalue weighted by atomic mass is 35.5. The molecular weight excluding hydrogens is 232 g/mol. The van der Waals surface area contributed by atoms with Crippen LogP contribution >= 0.6 is 11.6 Å². The molecule has 1 heterocycles. The number of hydrogen-bond acceptors (Lipinski definition) is 4. The van der Waals surface area contributed by atoms with Crippen LogP contribution in [0.1, 0.15) is 13.3 Å². The van der Waals surface area contributed by atoms with Gasteiger partial charge in [0.15, 0.2) is 17.2 Å². The van der Waals surface area contributed by atoms with Crippen LogP contribution in [0.25, 0.3) is 0 Å². The fraction of sp³-hybridized carbons (Fsp3) is 0.400. The molecule has 0 bridgehead atoms. The van der Waals surface area contributed by atoms with E-state index < -0.39 is 10.6 Å². The molecule has 0 fully saturated rings. The van der Waals surface area contributed by atoms with Crippen molar-refractivity contribution in [3.05, 3.63) is 28.3 Å². The van der Waals surface area contributed by atoms with E-state index in [9.17, 15) is 10.1 Å². The molecule has 1 unspecified atom stereocenters. The molecule has 5 nitrogen and oxygen atoms in total. The Balaban J connectivity index is 2.44. The van der Waals surface area contributed by atoms with Crippen molar-refractivity contribution in [2.75, 3.05) is 11.2 Å². The van der Waals surface area contributed by atoms with E-state index in [4.69, 9.17) is 16.3 Å². The van der Waals surface area contributed by atoms with Crippen LogP contribution in [0.3, 0.4) is 0 Å². The zero-order valence-electron chi connectivity index (χ0n) is 8.70. The average Bonchev–Trinajstić information content (AvgIpc) is 2.67. The van der Waals surface area contributed by atoms with Crippen molar-refractivity contribution in [3.63, 3.8) is 0 Å². The fourth-order valence-corrected chi connectivity index (χ4v) is 1.97. The molecule has 0 aromatic heterocycles. The first-order valence-corrected chi connectivity index (χ1v) is 5.46. The molecular formula is C10H11ClN2O3. The van der Waals surface area contributed by atoms with Crippen LogP contribution < -0.4 is 10.1 Å². The molecule has 0 saturated heterocycles. The average molecular weight is 243 g/mol. The second kappa shape index (κ2) is 3.83. The smallest absolute Gasteiger partial charge is 0.296 e. The fourth-order valence-electron chi connectivity index (χ4n) is 1.66. The quantitative estimate of drug-likeness (QED) is 0.503. The molecule has 1 aliphatic rings. The summed E-state index contributed by atoms with van der Waals surface area (Å²) in [6.07, 6.45) is 0.627.